The molecule has 1 atom stereocenters. The topological polar surface area (TPSA) is 72.8 Å². The molecule has 2 aliphatic rings. The molecular weight excluding hydrogens is 360 g/mol. The summed E-state index contributed by atoms with van der Waals surface area (Å²) in [5.41, 5.74) is 2.42. The van der Waals surface area contributed by atoms with Crippen LogP contribution >= 0.6 is 11.8 Å². The summed E-state index contributed by atoms with van der Waals surface area (Å²) < 4.78 is 7.84. The highest BCUT2D eigenvalue weighted by Crippen LogP contribution is 2.54. The summed E-state index contributed by atoms with van der Waals surface area (Å²) in [6.07, 6.45) is 6.83. The van der Waals surface area contributed by atoms with Crippen LogP contribution in [-0.2, 0) is 10.2 Å². The highest BCUT2D eigenvalue weighted by Gasteiger charge is 2.50. The second kappa shape index (κ2) is 6.49. The number of aromatic nitrogens is 4. The van der Waals surface area contributed by atoms with Crippen molar-refractivity contribution in [3.8, 4) is 0 Å². The Morgan fingerprint density at radius 1 is 1.26 bits per heavy atom. The Balaban J connectivity index is 1.75. The van der Waals surface area contributed by atoms with Gasteiger partial charge in [0, 0.05) is 12.0 Å². The van der Waals surface area contributed by atoms with Crippen LogP contribution in [0.1, 0.15) is 49.6 Å². The summed E-state index contributed by atoms with van der Waals surface area (Å²) in [7, 11) is 0. The molecule has 1 saturated heterocycles. The van der Waals surface area contributed by atoms with Crippen LogP contribution in [0.25, 0.3) is 11.0 Å². The van der Waals surface area contributed by atoms with Crippen LogP contribution in [0.15, 0.2) is 40.3 Å². The molecule has 3 aromatic rings. The molecule has 5 rings (SSSR count). The summed E-state index contributed by atoms with van der Waals surface area (Å²) in [4.78, 5) is 20.6. The Hall–Kier alpha value is -2.12. The predicted octanol–water partition coefficient (Wildman–Crippen LogP) is 3.62. The number of ether oxygens (including phenoxy) is 1. The van der Waals surface area contributed by atoms with Crippen molar-refractivity contribution in [3.63, 3.8) is 0 Å². The molecular formula is C20H22N4O2S. The summed E-state index contributed by atoms with van der Waals surface area (Å²) in [5, 5.41) is 6.19. The van der Waals surface area contributed by atoms with E-state index in [4.69, 9.17) is 14.8 Å². The smallest absolute Gasteiger partial charge is 0.263 e. The van der Waals surface area contributed by atoms with E-state index in [0.29, 0.717) is 16.2 Å². The number of rotatable bonds is 4. The van der Waals surface area contributed by atoms with Crippen molar-refractivity contribution >= 4 is 22.8 Å². The van der Waals surface area contributed by atoms with Crippen molar-refractivity contribution in [2.75, 3.05) is 12.9 Å². The average molecular weight is 382 g/mol. The molecule has 1 saturated carbocycles. The zero-order chi connectivity index (χ0) is 18.4. The van der Waals surface area contributed by atoms with E-state index in [1.165, 1.54) is 17.3 Å². The molecule has 1 aromatic carbocycles. The van der Waals surface area contributed by atoms with Crippen LogP contribution < -0.4 is 5.56 Å². The molecule has 0 amide bonds. The standard InChI is InChI=1S/C20H22N4O2S/c1-27-19-21-17-15(18(25)22-19)16(23-24(17)14-9-5-6-12-26-14)20(10-11-20)13-7-3-2-4-8-13/h2-4,7-8,14H,5-6,9-12H2,1H3,(H,21,22,25). The largest absolute Gasteiger partial charge is 0.356 e. The van der Waals surface area contributed by atoms with Crippen LogP contribution in [0.5, 0.6) is 0 Å². The number of hydrogen-bond donors (Lipinski definition) is 1. The average Bonchev–Trinajstić information content (AvgIpc) is 3.44. The molecule has 2 aromatic heterocycles. The number of fused-ring (bicyclic) bond motifs is 1. The first-order valence-electron chi connectivity index (χ1n) is 9.47. The fraction of sp³-hybridized carbons (Fsp3) is 0.450. The second-order valence-corrected chi connectivity index (χ2v) is 8.13. The van der Waals surface area contributed by atoms with Gasteiger partial charge in [0.05, 0.1) is 5.69 Å². The van der Waals surface area contributed by atoms with Crippen molar-refractivity contribution < 1.29 is 4.74 Å². The monoisotopic (exact) mass is 382 g/mol. The molecule has 0 spiro atoms. The van der Waals surface area contributed by atoms with Crippen LogP contribution in [-0.4, -0.2) is 32.6 Å². The second-order valence-electron chi connectivity index (χ2n) is 7.34. The highest BCUT2D eigenvalue weighted by atomic mass is 32.2. The van der Waals surface area contributed by atoms with Gasteiger partial charge in [0.15, 0.2) is 17.0 Å². The van der Waals surface area contributed by atoms with Gasteiger partial charge >= 0.3 is 0 Å². The van der Waals surface area contributed by atoms with Crippen molar-refractivity contribution in [1.82, 2.24) is 19.7 Å². The van der Waals surface area contributed by atoms with Crippen LogP contribution in [0.3, 0.4) is 0 Å². The molecule has 0 bridgehead atoms. The first-order chi connectivity index (χ1) is 13.2. The predicted molar refractivity (Wildman–Crippen MR) is 105 cm³/mol. The maximum Gasteiger partial charge on any atom is 0.263 e. The Labute approximate surface area is 161 Å². The summed E-state index contributed by atoms with van der Waals surface area (Å²) in [5.74, 6) is 0. The van der Waals surface area contributed by atoms with Gasteiger partial charge in [-0.2, -0.15) is 5.10 Å². The van der Waals surface area contributed by atoms with Crippen LogP contribution in [0, 0.1) is 0 Å². The lowest BCUT2D eigenvalue weighted by Gasteiger charge is -2.23. The van der Waals surface area contributed by atoms with Crippen molar-refractivity contribution in [1.29, 1.82) is 0 Å². The van der Waals surface area contributed by atoms with Gasteiger partial charge in [-0.15, -0.1) is 0 Å². The molecule has 27 heavy (non-hydrogen) atoms. The van der Waals surface area contributed by atoms with Gasteiger partial charge in [-0.1, -0.05) is 42.1 Å². The minimum atomic E-state index is -0.186. The third kappa shape index (κ3) is 2.72. The lowest BCUT2D eigenvalue weighted by Crippen LogP contribution is -2.20. The van der Waals surface area contributed by atoms with E-state index >= 15 is 0 Å². The number of aromatic amines is 1. The molecule has 1 aliphatic carbocycles. The molecule has 3 heterocycles. The summed E-state index contributed by atoms with van der Waals surface area (Å²) in [6.45, 7) is 0.726. The van der Waals surface area contributed by atoms with Crippen LogP contribution in [0.2, 0.25) is 0 Å². The van der Waals surface area contributed by atoms with Gasteiger partial charge in [0.25, 0.3) is 5.56 Å². The van der Waals surface area contributed by atoms with Gasteiger partial charge in [0.2, 0.25) is 0 Å². The van der Waals surface area contributed by atoms with E-state index in [1.54, 1.807) is 0 Å². The van der Waals surface area contributed by atoms with Crippen molar-refractivity contribution in [2.45, 2.75) is 48.9 Å². The zero-order valence-corrected chi connectivity index (χ0v) is 16.1. The van der Waals surface area contributed by atoms with Crippen LogP contribution in [0.4, 0.5) is 0 Å². The van der Waals surface area contributed by atoms with Gasteiger partial charge in [-0.05, 0) is 43.9 Å². The van der Waals surface area contributed by atoms with E-state index in [-0.39, 0.29) is 17.2 Å². The SMILES string of the molecule is CSc1nc2c(c(C3(c4ccccc4)CC3)nn2C2CCCCO2)c(=O)[nH]1. The van der Waals surface area contributed by atoms with E-state index in [1.807, 2.05) is 29.1 Å². The molecule has 1 N–H and O–H groups in total. The number of thioether (sulfide) groups is 1. The fourth-order valence-electron chi connectivity index (χ4n) is 4.12. The first-order valence-corrected chi connectivity index (χ1v) is 10.7. The number of H-pyrrole nitrogens is 1. The normalized spacial score (nSPS) is 21.4. The van der Waals surface area contributed by atoms with Gasteiger partial charge in [0.1, 0.15) is 5.39 Å². The number of benzene rings is 1. The summed E-state index contributed by atoms with van der Waals surface area (Å²) in [6, 6.07) is 10.4. The third-order valence-electron chi connectivity index (χ3n) is 5.69. The van der Waals surface area contributed by atoms with E-state index < -0.39 is 0 Å². The minimum Gasteiger partial charge on any atom is -0.356 e. The highest BCUT2D eigenvalue weighted by molar-refractivity contribution is 7.98. The molecule has 1 unspecified atom stereocenters. The van der Waals surface area contributed by atoms with Gasteiger partial charge in [-0.25, -0.2) is 9.67 Å². The van der Waals surface area contributed by atoms with E-state index in [2.05, 4.69) is 17.1 Å². The third-order valence-corrected chi connectivity index (χ3v) is 6.27. The zero-order valence-electron chi connectivity index (χ0n) is 15.3. The molecule has 1 aliphatic heterocycles. The maximum absolute atomic E-state index is 13.0. The Kier molecular flexibility index (Phi) is 4.09. The number of nitrogens with zero attached hydrogens (tertiary/aromatic N) is 3. The lowest BCUT2D eigenvalue weighted by atomic mass is 9.91. The Morgan fingerprint density at radius 3 is 2.74 bits per heavy atom. The molecule has 0 radical (unpaired) electrons. The first kappa shape index (κ1) is 17.0. The molecule has 2 fully saturated rings. The molecule has 6 nitrogen and oxygen atoms in total. The Bertz CT molecular complexity index is 1030. The number of nitrogens with one attached hydrogen (secondary N) is 1. The minimum absolute atomic E-state index is 0.108. The van der Waals surface area contributed by atoms with E-state index in [0.717, 1.165) is 44.4 Å². The Morgan fingerprint density at radius 2 is 2.07 bits per heavy atom. The quantitative estimate of drug-likeness (QED) is 0.551. The molecule has 140 valence electrons. The maximum atomic E-state index is 13.0. The van der Waals surface area contributed by atoms with E-state index in [9.17, 15) is 4.79 Å². The van der Waals surface area contributed by atoms with Crippen molar-refractivity contribution in [2.24, 2.45) is 0 Å². The van der Waals surface area contributed by atoms with Gasteiger partial charge < -0.3 is 9.72 Å². The molecule has 7 heteroatoms. The van der Waals surface area contributed by atoms with Gasteiger partial charge in [-0.3, -0.25) is 4.79 Å². The lowest BCUT2D eigenvalue weighted by molar-refractivity contribution is -0.0373. The number of hydrogen-bond acceptors (Lipinski definition) is 5. The van der Waals surface area contributed by atoms with Crippen molar-refractivity contribution in [3.05, 3.63) is 51.9 Å². The fourth-order valence-corrected chi connectivity index (χ4v) is 4.49. The summed E-state index contributed by atoms with van der Waals surface area (Å²) >= 11 is 1.43.